The molecular weight excluding hydrogens is 456 g/mol. The fraction of sp³-hybridized carbons (Fsp3) is 0.0714. The van der Waals surface area contributed by atoms with Crippen molar-refractivity contribution in [2.45, 2.75) is 6.36 Å². The van der Waals surface area contributed by atoms with Gasteiger partial charge in [-0.05, 0) is 34.7 Å². The van der Waals surface area contributed by atoms with Gasteiger partial charge in [-0.1, -0.05) is 0 Å². The number of hydrogen-bond donors (Lipinski definition) is 3. The second-order valence-corrected chi connectivity index (χ2v) is 5.73. The number of aromatic nitrogens is 1. The molecule has 25 heavy (non-hydrogen) atoms. The summed E-state index contributed by atoms with van der Waals surface area (Å²) in [5.74, 6) is -1.62. The van der Waals surface area contributed by atoms with Crippen molar-refractivity contribution in [1.82, 2.24) is 4.98 Å². The van der Waals surface area contributed by atoms with Crippen molar-refractivity contribution in [1.29, 1.82) is 10.5 Å². The number of phenols is 1. The third kappa shape index (κ3) is 3.61. The van der Waals surface area contributed by atoms with E-state index in [4.69, 9.17) is 5.73 Å². The lowest BCUT2D eigenvalue weighted by Gasteiger charge is -2.15. The van der Waals surface area contributed by atoms with Gasteiger partial charge in [0, 0.05) is 11.1 Å². The molecule has 0 radical (unpaired) electrons. The van der Waals surface area contributed by atoms with E-state index < -0.39 is 34.8 Å². The zero-order chi connectivity index (χ0) is 18.9. The van der Waals surface area contributed by atoms with Crippen LogP contribution in [-0.4, -0.2) is 16.5 Å². The number of phenolic OH excluding ortho intramolecular Hbond substituents is 1. The van der Waals surface area contributed by atoms with E-state index in [1.165, 1.54) is 22.6 Å². The number of pyridine rings is 1. The Morgan fingerprint density at radius 3 is 2.36 bits per heavy atom. The Morgan fingerprint density at radius 1 is 1.24 bits per heavy atom. The highest BCUT2D eigenvalue weighted by Gasteiger charge is 2.32. The highest BCUT2D eigenvalue weighted by molar-refractivity contribution is 14.1. The Balaban J connectivity index is 2.90. The Morgan fingerprint density at radius 2 is 1.84 bits per heavy atom. The van der Waals surface area contributed by atoms with Crippen LogP contribution in [0.4, 0.5) is 19.0 Å². The number of nitrogens with two attached hydrogens (primary N) is 1. The van der Waals surface area contributed by atoms with E-state index >= 15 is 0 Å². The van der Waals surface area contributed by atoms with Gasteiger partial charge < -0.3 is 20.6 Å². The number of nitrogen functional groups attached to an aromatic ring is 1. The van der Waals surface area contributed by atoms with Gasteiger partial charge in [0.1, 0.15) is 40.6 Å². The Labute approximate surface area is 151 Å². The standard InChI is InChI=1S/C14H6F3IN4O3/c15-14(16,17)25-5-1-6(11(23)9(18)2-5)10-7(3-19)12(21)22-13(24)8(10)4-20/h1-2,23H,(H3,21,22,24). The quantitative estimate of drug-likeness (QED) is 0.588. The van der Waals surface area contributed by atoms with Crippen LogP contribution >= 0.6 is 22.6 Å². The van der Waals surface area contributed by atoms with Gasteiger partial charge in [0.25, 0.3) is 5.56 Å². The summed E-state index contributed by atoms with van der Waals surface area (Å²) in [7, 11) is 0. The molecule has 0 aliphatic heterocycles. The maximum absolute atomic E-state index is 12.5. The van der Waals surface area contributed by atoms with E-state index in [1.54, 1.807) is 12.1 Å². The van der Waals surface area contributed by atoms with Gasteiger partial charge >= 0.3 is 6.36 Å². The molecule has 11 heteroatoms. The molecule has 0 saturated heterocycles. The number of anilines is 1. The predicted octanol–water partition coefficient (Wildman–Crippen LogP) is 2.58. The van der Waals surface area contributed by atoms with Crippen LogP contribution in [-0.2, 0) is 0 Å². The molecule has 2 rings (SSSR count). The molecule has 0 fully saturated rings. The van der Waals surface area contributed by atoms with E-state index in [1.807, 2.05) is 0 Å². The van der Waals surface area contributed by atoms with Gasteiger partial charge in [-0.25, -0.2) is 0 Å². The summed E-state index contributed by atoms with van der Waals surface area (Å²) >= 11 is 1.54. The smallest absolute Gasteiger partial charge is 0.506 e. The summed E-state index contributed by atoms with van der Waals surface area (Å²) in [6, 6.07) is 4.88. The normalized spacial score (nSPS) is 10.8. The molecule has 0 bridgehead atoms. The number of ether oxygens (including phenoxy) is 1. The SMILES string of the molecule is N#Cc1c(N)[nH]c(=O)c(C#N)c1-c1cc(OC(F)(F)F)cc(I)c1O. The molecule has 1 heterocycles. The summed E-state index contributed by atoms with van der Waals surface area (Å²) < 4.78 is 41.1. The van der Waals surface area contributed by atoms with E-state index in [2.05, 4.69) is 9.72 Å². The van der Waals surface area contributed by atoms with Crippen molar-refractivity contribution in [3.8, 4) is 34.8 Å². The van der Waals surface area contributed by atoms with Gasteiger partial charge in [-0.15, -0.1) is 13.2 Å². The number of benzene rings is 1. The van der Waals surface area contributed by atoms with E-state index in [0.29, 0.717) is 0 Å². The third-order valence-corrected chi connectivity index (χ3v) is 3.83. The minimum Gasteiger partial charge on any atom is -0.506 e. The highest BCUT2D eigenvalue weighted by atomic mass is 127. The first kappa shape index (κ1) is 18.4. The molecule has 4 N–H and O–H groups in total. The molecule has 0 unspecified atom stereocenters. The van der Waals surface area contributed by atoms with Crippen molar-refractivity contribution in [2.75, 3.05) is 5.73 Å². The first-order valence-electron chi connectivity index (χ1n) is 6.23. The van der Waals surface area contributed by atoms with Gasteiger partial charge in [0.15, 0.2) is 0 Å². The topological polar surface area (TPSA) is 136 Å². The van der Waals surface area contributed by atoms with Crippen molar-refractivity contribution >= 4 is 28.4 Å². The number of hydrogen-bond acceptors (Lipinski definition) is 6. The Hall–Kier alpha value is -2.93. The summed E-state index contributed by atoms with van der Waals surface area (Å²) in [6.07, 6.45) is -5.00. The molecule has 7 nitrogen and oxygen atoms in total. The molecule has 1 aromatic heterocycles. The Kier molecular flexibility index (Phi) is 4.80. The highest BCUT2D eigenvalue weighted by Crippen LogP contribution is 2.41. The van der Waals surface area contributed by atoms with Crippen LogP contribution in [0.1, 0.15) is 11.1 Å². The second kappa shape index (κ2) is 6.52. The molecular formula is C14H6F3IN4O3. The third-order valence-electron chi connectivity index (χ3n) is 3.01. The minimum atomic E-state index is -5.00. The number of halogens is 4. The molecule has 0 aliphatic rings. The fourth-order valence-electron chi connectivity index (χ4n) is 2.07. The van der Waals surface area contributed by atoms with Crippen LogP contribution in [0.5, 0.6) is 11.5 Å². The van der Waals surface area contributed by atoms with Crippen molar-refractivity contribution < 1.29 is 23.0 Å². The molecule has 0 spiro atoms. The maximum atomic E-state index is 12.5. The van der Waals surface area contributed by atoms with Crippen LogP contribution < -0.4 is 16.0 Å². The zero-order valence-electron chi connectivity index (χ0n) is 11.9. The van der Waals surface area contributed by atoms with Crippen molar-refractivity contribution in [3.05, 3.63) is 37.2 Å². The van der Waals surface area contributed by atoms with E-state index in [-0.39, 0.29) is 20.3 Å². The van der Waals surface area contributed by atoms with Crippen LogP contribution in [0, 0.1) is 26.2 Å². The first-order valence-corrected chi connectivity index (χ1v) is 7.31. The lowest BCUT2D eigenvalue weighted by Crippen LogP contribution is -2.18. The van der Waals surface area contributed by atoms with Gasteiger partial charge in [-0.3, -0.25) is 4.79 Å². The summed E-state index contributed by atoms with van der Waals surface area (Å²) in [4.78, 5) is 14.0. The summed E-state index contributed by atoms with van der Waals surface area (Å²) in [5.41, 5.74) is 2.89. The molecule has 128 valence electrons. The van der Waals surface area contributed by atoms with Crippen LogP contribution in [0.2, 0.25) is 0 Å². The van der Waals surface area contributed by atoms with Gasteiger partial charge in [0.2, 0.25) is 0 Å². The van der Waals surface area contributed by atoms with Gasteiger partial charge in [-0.2, -0.15) is 10.5 Å². The molecule has 2 aromatic rings. The number of H-pyrrole nitrogens is 1. The lowest BCUT2D eigenvalue weighted by atomic mass is 9.95. The largest absolute Gasteiger partial charge is 0.573 e. The van der Waals surface area contributed by atoms with Crippen LogP contribution in [0.15, 0.2) is 16.9 Å². The van der Waals surface area contributed by atoms with Crippen molar-refractivity contribution in [3.63, 3.8) is 0 Å². The van der Waals surface area contributed by atoms with Gasteiger partial charge in [0.05, 0.1) is 3.57 Å². The number of alkyl halides is 3. The minimum absolute atomic E-state index is 0.0546. The molecule has 0 atom stereocenters. The molecule has 0 aliphatic carbocycles. The van der Waals surface area contributed by atoms with E-state index in [0.717, 1.165) is 12.1 Å². The molecule has 1 aromatic carbocycles. The average Bonchev–Trinajstić information content (AvgIpc) is 2.48. The molecule has 0 amide bonds. The summed E-state index contributed by atoms with van der Waals surface area (Å²) in [5, 5.41) is 28.6. The maximum Gasteiger partial charge on any atom is 0.573 e. The van der Waals surface area contributed by atoms with Crippen LogP contribution in [0.25, 0.3) is 11.1 Å². The lowest BCUT2D eigenvalue weighted by molar-refractivity contribution is -0.274. The van der Waals surface area contributed by atoms with Crippen molar-refractivity contribution in [2.24, 2.45) is 0 Å². The number of nitriles is 2. The second-order valence-electron chi connectivity index (χ2n) is 4.57. The van der Waals surface area contributed by atoms with Crippen LogP contribution in [0.3, 0.4) is 0 Å². The number of nitrogens with zero attached hydrogens (tertiary/aromatic N) is 2. The number of nitrogens with one attached hydrogen (secondary N) is 1. The number of aromatic hydroxyl groups is 1. The monoisotopic (exact) mass is 462 g/mol. The van der Waals surface area contributed by atoms with E-state index in [9.17, 15) is 33.6 Å². The number of rotatable bonds is 2. The summed E-state index contributed by atoms with van der Waals surface area (Å²) in [6.45, 7) is 0. The number of aromatic amines is 1. The zero-order valence-corrected chi connectivity index (χ0v) is 14.1. The predicted molar refractivity (Wildman–Crippen MR) is 87.4 cm³/mol. The average molecular weight is 462 g/mol. The fourth-order valence-corrected chi connectivity index (χ4v) is 2.67. The Bertz CT molecular complexity index is 1000. The first-order chi connectivity index (χ1) is 11.6. The molecule has 0 saturated carbocycles.